The van der Waals surface area contributed by atoms with Crippen molar-refractivity contribution in [3.63, 3.8) is 0 Å². The van der Waals surface area contributed by atoms with Crippen LogP contribution in [0.2, 0.25) is 0 Å². The fourth-order valence-corrected chi connectivity index (χ4v) is 3.44. The molecule has 0 aliphatic carbocycles. The number of thiophene rings is 1. The number of alkyl halides is 3. The van der Waals surface area contributed by atoms with Crippen LogP contribution in [0.25, 0.3) is 0 Å². The molecular formula is C22H17F4N3O3S. The van der Waals surface area contributed by atoms with Crippen LogP contribution in [0.5, 0.6) is 0 Å². The molecule has 11 heteroatoms. The highest BCUT2D eigenvalue weighted by molar-refractivity contribution is 7.08. The van der Waals surface area contributed by atoms with Crippen LogP contribution in [0.1, 0.15) is 32.7 Å². The van der Waals surface area contributed by atoms with Gasteiger partial charge in [-0.2, -0.15) is 24.5 Å². The largest absolute Gasteiger partial charge is 0.418 e. The summed E-state index contributed by atoms with van der Waals surface area (Å²) in [6, 6.07) is 9.43. The van der Waals surface area contributed by atoms with Crippen LogP contribution in [0, 0.1) is 5.82 Å². The zero-order valence-electron chi connectivity index (χ0n) is 16.8. The average molecular weight is 479 g/mol. The third kappa shape index (κ3) is 6.39. The lowest BCUT2D eigenvalue weighted by Crippen LogP contribution is -2.27. The maximum atomic E-state index is 13.7. The minimum absolute atomic E-state index is 0.0708. The van der Waals surface area contributed by atoms with Gasteiger partial charge in [0.15, 0.2) is 0 Å². The van der Waals surface area contributed by atoms with Crippen molar-refractivity contribution < 1.29 is 31.9 Å². The number of amides is 3. The van der Waals surface area contributed by atoms with Crippen LogP contribution in [-0.2, 0) is 11.0 Å². The van der Waals surface area contributed by atoms with E-state index in [1.165, 1.54) is 29.5 Å². The number of hydrogen-bond acceptors (Lipinski definition) is 4. The highest BCUT2D eigenvalue weighted by atomic mass is 32.1. The highest BCUT2D eigenvalue weighted by Gasteiger charge is 2.34. The summed E-state index contributed by atoms with van der Waals surface area (Å²) in [4.78, 5) is 36.1. The van der Waals surface area contributed by atoms with Gasteiger partial charge in [-0.25, -0.2) is 4.39 Å². The smallest absolute Gasteiger partial charge is 0.351 e. The van der Waals surface area contributed by atoms with Crippen LogP contribution in [0.3, 0.4) is 0 Å². The molecule has 1 heterocycles. The number of carbonyl (C=O) groups excluding carboxylic acids is 3. The molecule has 0 saturated carbocycles. The molecule has 172 valence electrons. The molecule has 0 unspecified atom stereocenters. The summed E-state index contributed by atoms with van der Waals surface area (Å²) in [7, 11) is 0. The Hall–Kier alpha value is -3.73. The maximum Gasteiger partial charge on any atom is 0.418 e. The molecular weight excluding hydrogens is 462 g/mol. The summed E-state index contributed by atoms with van der Waals surface area (Å²) in [5.74, 6) is -2.87. The predicted molar refractivity (Wildman–Crippen MR) is 116 cm³/mol. The molecule has 0 fully saturated rings. The quantitative estimate of drug-likeness (QED) is 0.421. The van der Waals surface area contributed by atoms with E-state index in [2.05, 4.69) is 16.0 Å². The lowest BCUT2D eigenvalue weighted by atomic mass is 10.1. The fraction of sp³-hybridized carbons (Fsp3) is 0.136. The van der Waals surface area contributed by atoms with Gasteiger partial charge in [-0.3, -0.25) is 14.4 Å². The van der Waals surface area contributed by atoms with E-state index in [1.54, 1.807) is 16.8 Å². The Bertz CT molecular complexity index is 1160. The van der Waals surface area contributed by atoms with E-state index >= 15 is 0 Å². The minimum atomic E-state index is -4.84. The van der Waals surface area contributed by atoms with Gasteiger partial charge < -0.3 is 16.0 Å². The number of carbonyl (C=O) groups is 3. The topological polar surface area (TPSA) is 87.3 Å². The predicted octanol–water partition coefficient (Wildman–Crippen LogP) is 4.92. The molecule has 0 radical (unpaired) electrons. The summed E-state index contributed by atoms with van der Waals surface area (Å²) in [6.07, 6.45) is -5.09. The Morgan fingerprint density at radius 2 is 1.70 bits per heavy atom. The van der Waals surface area contributed by atoms with Crippen molar-refractivity contribution in [2.75, 3.05) is 17.2 Å². The number of nitrogens with one attached hydrogen (secondary N) is 3. The second-order valence-corrected chi connectivity index (χ2v) is 7.54. The van der Waals surface area contributed by atoms with Crippen LogP contribution in [0.4, 0.5) is 28.9 Å². The lowest BCUT2D eigenvalue weighted by molar-refractivity contribution is -0.136. The first-order chi connectivity index (χ1) is 15.6. The van der Waals surface area contributed by atoms with Crippen molar-refractivity contribution in [2.45, 2.75) is 12.6 Å². The summed E-state index contributed by atoms with van der Waals surface area (Å²) in [6.45, 7) is -0.0708. The Morgan fingerprint density at radius 1 is 0.939 bits per heavy atom. The Balaban J connectivity index is 1.66. The molecule has 2 aromatic carbocycles. The van der Waals surface area contributed by atoms with Crippen molar-refractivity contribution in [1.82, 2.24) is 5.32 Å². The number of rotatable bonds is 7. The molecule has 0 aliphatic rings. The molecule has 3 N–H and O–H groups in total. The van der Waals surface area contributed by atoms with Crippen LogP contribution >= 0.6 is 11.3 Å². The molecule has 0 bridgehead atoms. The van der Waals surface area contributed by atoms with Gasteiger partial charge in [0.2, 0.25) is 5.91 Å². The van der Waals surface area contributed by atoms with Gasteiger partial charge in [0, 0.05) is 29.6 Å². The molecule has 0 spiro atoms. The van der Waals surface area contributed by atoms with Gasteiger partial charge in [-0.15, -0.1) is 0 Å². The third-order valence-corrected chi connectivity index (χ3v) is 5.08. The Kier molecular flexibility index (Phi) is 7.44. The van der Waals surface area contributed by atoms with Gasteiger partial charge in [0.25, 0.3) is 11.8 Å². The van der Waals surface area contributed by atoms with Crippen molar-refractivity contribution in [3.8, 4) is 0 Å². The van der Waals surface area contributed by atoms with Gasteiger partial charge in [-0.1, -0.05) is 12.1 Å². The monoisotopic (exact) mass is 479 g/mol. The Morgan fingerprint density at radius 3 is 2.36 bits per heavy atom. The van der Waals surface area contributed by atoms with E-state index in [-0.39, 0.29) is 24.2 Å². The van der Waals surface area contributed by atoms with E-state index in [9.17, 15) is 31.9 Å². The molecule has 0 atom stereocenters. The average Bonchev–Trinajstić information content (AvgIpc) is 3.29. The zero-order valence-corrected chi connectivity index (χ0v) is 17.6. The van der Waals surface area contributed by atoms with Crippen molar-refractivity contribution >= 4 is 40.4 Å². The molecule has 0 saturated heterocycles. The standard InChI is InChI=1S/C22H17F4N3O3S/c23-17-4-2-1-3-15(17)21(32)28-14-5-6-18(16(11-14)22(24,25)26)29-19(30)7-9-27-20(31)13-8-10-33-12-13/h1-6,8,10-12H,7,9H2,(H,27,31)(H,28,32)(H,29,30). The number of anilines is 2. The van der Waals surface area contributed by atoms with Gasteiger partial charge in [0.05, 0.1) is 16.8 Å². The maximum absolute atomic E-state index is 13.7. The van der Waals surface area contributed by atoms with E-state index < -0.39 is 41.0 Å². The Labute approximate surface area is 189 Å². The van der Waals surface area contributed by atoms with E-state index in [4.69, 9.17) is 0 Å². The normalized spacial score (nSPS) is 11.0. The summed E-state index contributed by atoms with van der Waals surface area (Å²) < 4.78 is 54.4. The van der Waals surface area contributed by atoms with E-state index in [0.29, 0.717) is 11.6 Å². The first-order valence-electron chi connectivity index (χ1n) is 9.52. The lowest BCUT2D eigenvalue weighted by Gasteiger charge is -2.16. The van der Waals surface area contributed by atoms with E-state index in [0.717, 1.165) is 18.2 Å². The summed E-state index contributed by atoms with van der Waals surface area (Å²) in [5.41, 5.74) is -1.83. The number of benzene rings is 2. The molecule has 1 aromatic heterocycles. The van der Waals surface area contributed by atoms with Crippen LogP contribution in [-0.4, -0.2) is 24.3 Å². The first-order valence-corrected chi connectivity index (χ1v) is 10.5. The van der Waals surface area contributed by atoms with Crippen molar-refractivity contribution in [1.29, 1.82) is 0 Å². The molecule has 0 aliphatic heterocycles. The van der Waals surface area contributed by atoms with Gasteiger partial charge in [0.1, 0.15) is 5.82 Å². The molecule has 3 rings (SSSR count). The zero-order chi connectivity index (χ0) is 24.0. The van der Waals surface area contributed by atoms with E-state index in [1.807, 2.05) is 0 Å². The first kappa shape index (κ1) is 23.9. The molecule has 6 nitrogen and oxygen atoms in total. The third-order valence-electron chi connectivity index (χ3n) is 4.40. The highest BCUT2D eigenvalue weighted by Crippen LogP contribution is 2.36. The fourth-order valence-electron chi connectivity index (χ4n) is 2.81. The van der Waals surface area contributed by atoms with Crippen LogP contribution in [0.15, 0.2) is 59.3 Å². The number of hydrogen-bond donors (Lipinski definition) is 3. The van der Waals surface area contributed by atoms with Crippen molar-refractivity contribution in [3.05, 3.63) is 81.8 Å². The number of halogens is 4. The van der Waals surface area contributed by atoms with Gasteiger partial charge in [-0.05, 0) is 41.8 Å². The SMILES string of the molecule is O=C(CCNC(=O)c1ccsc1)Nc1ccc(NC(=O)c2ccccc2F)cc1C(F)(F)F. The minimum Gasteiger partial charge on any atom is -0.351 e. The second kappa shape index (κ2) is 10.3. The molecule has 3 amide bonds. The summed E-state index contributed by atoms with van der Waals surface area (Å²) in [5, 5.41) is 10.2. The summed E-state index contributed by atoms with van der Waals surface area (Å²) >= 11 is 1.33. The second-order valence-electron chi connectivity index (χ2n) is 6.76. The van der Waals surface area contributed by atoms with Crippen LogP contribution < -0.4 is 16.0 Å². The van der Waals surface area contributed by atoms with Gasteiger partial charge >= 0.3 is 6.18 Å². The molecule has 33 heavy (non-hydrogen) atoms. The van der Waals surface area contributed by atoms with Crippen molar-refractivity contribution in [2.24, 2.45) is 0 Å². The molecule has 3 aromatic rings.